The van der Waals surface area contributed by atoms with Gasteiger partial charge in [-0.25, -0.2) is 0 Å². The molecule has 0 radical (unpaired) electrons. The van der Waals surface area contributed by atoms with Crippen LogP contribution in [-0.4, -0.2) is 35.3 Å². The minimum atomic E-state index is -0.946. The fourth-order valence-corrected chi connectivity index (χ4v) is 4.44. The van der Waals surface area contributed by atoms with Crippen LogP contribution in [0.2, 0.25) is 0 Å². The first-order chi connectivity index (χ1) is 16.9. The Morgan fingerprint density at radius 3 is 2.60 bits per heavy atom. The van der Waals surface area contributed by atoms with Gasteiger partial charge >= 0.3 is 0 Å². The Bertz CT molecular complexity index is 1170. The van der Waals surface area contributed by atoms with Crippen molar-refractivity contribution in [2.24, 2.45) is 0 Å². The third kappa shape index (κ3) is 5.77. The zero-order valence-electron chi connectivity index (χ0n) is 20.0. The second-order valence-electron chi connectivity index (χ2n) is 8.89. The molecule has 3 aromatic rings. The smallest absolute Gasteiger partial charge is 0.287 e. The molecule has 3 amide bonds. The monoisotopic (exact) mass is 474 g/mol. The van der Waals surface area contributed by atoms with Gasteiger partial charge in [0, 0.05) is 29.7 Å². The van der Waals surface area contributed by atoms with E-state index in [1.807, 2.05) is 32.0 Å². The number of aromatic nitrogens is 1. The summed E-state index contributed by atoms with van der Waals surface area (Å²) < 4.78 is 5.13. The quantitative estimate of drug-likeness (QED) is 0.516. The summed E-state index contributed by atoms with van der Waals surface area (Å²) in [6.45, 7) is 3.52. The molecule has 8 nitrogen and oxygen atoms in total. The lowest BCUT2D eigenvalue weighted by molar-refractivity contribution is -0.126. The Balaban J connectivity index is 1.70. The Kier molecular flexibility index (Phi) is 7.60. The van der Waals surface area contributed by atoms with Crippen molar-refractivity contribution in [2.45, 2.75) is 51.6 Å². The summed E-state index contributed by atoms with van der Waals surface area (Å²) in [5.41, 5.74) is 2.99. The molecule has 182 valence electrons. The second-order valence-corrected chi connectivity index (χ2v) is 8.89. The van der Waals surface area contributed by atoms with Crippen LogP contribution in [0.25, 0.3) is 0 Å². The van der Waals surface area contributed by atoms with E-state index in [9.17, 15) is 14.4 Å². The van der Waals surface area contributed by atoms with Crippen LogP contribution in [-0.2, 0) is 9.59 Å². The van der Waals surface area contributed by atoms with Crippen LogP contribution in [0.4, 0.5) is 5.69 Å². The van der Waals surface area contributed by atoms with Gasteiger partial charge in [0.25, 0.3) is 5.91 Å². The SMILES string of the molecule is Cc1ccc(C)c(N(C(=O)CNC(=O)c2ccco2)[C@@H](C(=O)NC2CCCC2)c2cccnc2)c1. The van der Waals surface area contributed by atoms with E-state index in [-0.39, 0.29) is 24.3 Å². The molecule has 2 aromatic heterocycles. The summed E-state index contributed by atoms with van der Waals surface area (Å²) in [5.74, 6) is -1.08. The Morgan fingerprint density at radius 1 is 1.11 bits per heavy atom. The van der Waals surface area contributed by atoms with Crippen molar-refractivity contribution >= 4 is 23.4 Å². The standard InChI is InChI=1S/C27H30N4O4/c1-18-11-12-19(2)22(15-18)31(24(32)17-29-26(33)23-10-6-14-35-23)25(20-7-5-13-28-16-20)27(34)30-21-8-3-4-9-21/h5-7,10-16,21,25H,3-4,8-9,17H2,1-2H3,(H,29,33)(H,30,34)/t25-/m1/s1. The van der Waals surface area contributed by atoms with Crippen molar-refractivity contribution in [3.63, 3.8) is 0 Å². The maximum absolute atomic E-state index is 13.7. The number of carbonyl (C=O) groups excluding carboxylic acids is 3. The van der Waals surface area contributed by atoms with E-state index in [4.69, 9.17) is 4.42 Å². The number of aryl methyl sites for hydroxylation is 2. The number of rotatable bonds is 8. The number of carbonyl (C=O) groups is 3. The molecule has 8 heteroatoms. The molecule has 1 aromatic carbocycles. The number of nitrogens with one attached hydrogen (secondary N) is 2. The number of furan rings is 1. The molecule has 0 unspecified atom stereocenters. The largest absolute Gasteiger partial charge is 0.459 e. The fourth-order valence-electron chi connectivity index (χ4n) is 4.44. The van der Waals surface area contributed by atoms with Gasteiger partial charge in [0.1, 0.15) is 6.04 Å². The molecule has 4 rings (SSSR count). The number of benzene rings is 1. The predicted molar refractivity (Wildman–Crippen MR) is 132 cm³/mol. The van der Waals surface area contributed by atoms with E-state index in [0.29, 0.717) is 11.3 Å². The van der Waals surface area contributed by atoms with Crippen molar-refractivity contribution in [3.8, 4) is 0 Å². The van der Waals surface area contributed by atoms with E-state index < -0.39 is 17.9 Å². The summed E-state index contributed by atoms with van der Waals surface area (Å²) in [6.07, 6.45) is 8.60. The molecule has 0 spiro atoms. The van der Waals surface area contributed by atoms with Crippen LogP contribution in [0.5, 0.6) is 0 Å². The number of amides is 3. The molecule has 0 aliphatic heterocycles. The van der Waals surface area contributed by atoms with Crippen LogP contribution in [0, 0.1) is 13.8 Å². The fraction of sp³-hybridized carbons (Fsp3) is 0.333. The highest BCUT2D eigenvalue weighted by molar-refractivity contribution is 6.04. The highest BCUT2D eigenvalue weighted by Gasteiger charge is 2.35. The average molecular weight is 475 g/mol. The topological polar surface area (TPSA) is 105 Å². The first-order valence-electron chi connectivity index (χ1n) is 11.9. The zero-order valence-corrected chi connectivity index (χ0v) is 20.0. The van der Waals surface area contributed by atoms with Crippen molar-refractivity contribution in [3.05, 3.63) is 83.6 Å². The maximum atomic E-state index is 13.7. The number of anilines is 1. The van der Waals surface area contributed by atoms with Crippen molar-refractivity contribution in [1.82, 2.24) is 15.6 Å². The highest BCUT2D eigenvalue weighted by atomic mass is 16.3. The van der Waals surface area contributed by atoms with Gasteiger partial charge in [-0.3, -0.25) is 24.3 Å². The highest BCUT2D eigenvalue weighted by Crippen LogP contribution is 2.32. The summed E-state index contributed by atoms with van der Waals surface area (Å²) >= 11 is 0. The number of nitrogens with zero attached hydrogens (tertiary/aromatic N) is 2. The Hall–Kier alpha value is -3.94. The molecule has 1 atom stereocenters. The lowest BCUT2D eigenvalue weighted by Crippen LogP contribution is -2.49. The summed E-state index contributed by atoms with van der Waals surface area (Å²) in [5, 5.41) is 5.76. The maximum Gasteiger partial charge on any atom is 0.287 e. The van der Waals surface area contributed by atoms with Crippen molar-refractivity contribution in [2.75, 3.05) is 11.4 Å². The molecular weight excluding hydrogens is 444 g/mol. The minimum Gasteiger partial charge on any atom is -0.459 e. The van der Waals surface area contributed by atoms with Gasteiger partial charge in [-0.05, 0) is 62.1 Å². The van der Waals surface area contributed by atoms with Gasteiger partial charge in [-0.1, -0.05) is 31.0 Å². The first kappa shape index (κ1) is 24.2. The van der Waals surface area contributed by atoms with Gasteiger partial charge in [-0.15, -0.1) is 0 Å². The number of pyridine rings is 1. The van der Waals surface area contributed by atoms with Crippen molar-refractivity contribution < 1.29 is 18.8 Å². The molecule has 0 bridgehead atoms. The third-order valence-electron chi connectivity index (χ3n) is 6.25. The Morgan fingerprint density at radius 2 is 1.91 bits per heavy atom. The van der Waals surface area contributed by atoms with E-state index in [0.717, 1.165) is 36.8 Å². The van der Waals surface area contributed by atoms with E-state index in [1.54, 1.807) is 30.6 Å². The van der Waals surface area contributed by atoms with Crippen LogP contribution in [0.1, 0.15) is 59.0 Å². The number of hydrogen-bond acceptors (Lipinski definition) is 5. The summed E-state index contributed by atoms with van der Waals surface area (Å²) in [4.78, 5) is 45.5. The van der Waals surface area contributed by atoms with Gasteiger partial charge in [0.05, 0.1) is 12.8 Å². The normalized spacial score (nSPS) is 14.3. The number of hydrogen-bond donors (Lipinski definition) is 2. The van der Waals surface area contributed by atoms with Crippen LogP contribution >= 0.6 is 0 Å². The first-order valence-corrected chi connectivity index (χ1v) is 11.9. The van der Waals surface area contributed by atoms with Gasteiger partial charge in [0.15, 0.2) is 5.76 Å². The molecule has 1 saturated carbocycles. The van der Waals surface area contributed by atoms with Gasteiger partial charge in [0.2, 0.25) is 11.8 Å². The third-order valence-corrected chi connectivity index (χ3v) is 6.25. The van der Waals surface area contributed by atoms with E-state index >= 15 is 0 Å². The molecule has 35 heavy (non-hydrogen) atoms. The lowest BCUT2D eigenvalue weighted by atomic mass is 10.0. The molecule has 1 fully saturated rings. The molecule has 0 saturated heterocycles. The average Bonchev–Trinajstić information content (AvgIpc) is 3.57. The zero-order chi connectivity index (χ0) is 24.8. The second kappa shape index (κ2) is 11.0. The molecule has 1 aliphatic rings. The van der Waals surface area contributed by atoms with Crippen LogP contribution in [0.15, 0.2) is 65.5 Å². The molecule has 2 N–H and O–H groups in total. The van der Waals surface area contributed by atoms with Crippen molar-refractivity contribution in [1.29, 1.82) is 0 Å². The van der Waals surface area contributed by atoms with E-state index in [1.165, 1.54) is 17.2 Å². The van der Waals surface area contributed by atoms with E-state index in [2.05, 4.69) is 15.6 Å². The lowest BCUT2D eigenvalue weighted by Gasteiger charge is -2.33. The van der Waals surface area contributed by atoms with Crippen LogP contribution < -0.4 is 15.5 Å². The molecule has 1 aliphatic carbocycles. The predicted octanol–water partition coefficient (Wildman–Crippen LogP) is 3.85. The molecule has 2 heterocycles. The minimum absolute atomic E-state index is 0.0795. The van der Waals surface area contributed by atoms with Crippen LogP contribution in [0.3, 0.4) is 0 Å². The van der Waals surface area contributed by atoms with Gasteiger partial charge in [-0.2, -0.15) is 0 Å². The summed E-state index contributed by atoms with van der Waals surface area (Å²) in [6, 6.07) is 11.6. The van der Waals surface area contributed by atoms with Gasteiger partial charge < -0.3 is 15.1 Å². The summed E-state index contributed by atoms with van der Waals surface area (Å²) in [7, 11) is 0. The molecular formula is C27H30N4O4. The Labute approximate surface area is 204 Å².